The molecule has 0 saturated heterocycles. The van der Waals surface area contributed by atoms with Crippen molar-refractivity contribution in [3.63, 3.8) is 0 Å². The molecule has 9 heteroatoms. The molecule has 0 spiro atoms. The number of nitrogens with one attached hydrogen (secondary N) is 2. The second kappa shape index (κ2) is 9.77. The van der Waals surface area contributed by atoms with Crippen molar-refractivity contribution in [2.75, 3.05) is 13.7 Å². The third-order valence-electron chi connectivity index (χ3n) is 6.76. The second-order valence-electron chi connectivity index (χ2n) is 9.12. The number of hydrogen-bond acceptors (Lipinski definition) is 5. The lowest BCUT2D eigenvalue weighted by atomic mass is 9.98. The van der Waals surface area contributed by atoms with Crippen LogP contribution in [0, 0.1) is 6.92 Å². The fourth-order valence-electron chi connectivity index (χ4n) is 4.95. The van der Waals surface area contributed by atoms with Crippen LogP contribution in [0.5, 0.6) is 5.75 Å². The number of urea groups is 1. The SMILES string of the molecule is COc1ccc2c(c1)C(=O)N(C[C@H](NC(=O)NC=O)c1ccc(-c3cc(C)c4c(cnn4C)c3)cc1)C2. The van der Waals surface area contributed by atoms with Crippen molar-refractivity contribution < 1.29 is 19.1 Å². The second-order valence-corrected chi connectivity index (χ2v) is 9.12. The number of carbonyl (C=O) groups is 3. The number of carbonyl (C=O) groups excluding carboxylic acids is 3. The Bertz CT molecular complexity index is 1510. The summed E-state index contributed by atoms with van der Waals surface area (Å²) >= 11 is 0. The summed E-state index contributed by atoms with van der Waals surface area (Å²) in [4.78, 5) is 37.8. The van der Waals surface area contributed by atoms with Gasteiger partial charge in [0, 0.05) is 31.1 Å². The number of benzene rings is 3. The van der Waals surface area contributed by atoms with Crippen molar-refractivity contribution in [2.24, 2.45) is 7.05 Å². The summed E-state index contributed by atoms with van der Waals surface area (Å²) in [6, 6.07) is 16.3. The molecule has 0 bridgehead atoms. The van der Waals surface area contributed by atoms with E-state index in [0.29, 0.717) is 24.3 Å². The van der Waals surface area contributed by atoms with E-state index in [0.717, 1.165) is 38.7 Å². The van der Waals surface area contributed by atoms with Crippen LogP contribution < -0.4 is 15.4 Å². The number of imide groups is 1. The standard InChI is InChI=1S/C28H27N5O4/c1-17-10-21(11-22-13-30-32(2)26(17)22)18-4-6-19(7-5-18)25(31-28(36)29-16-34)15-33-14-20-8-9-23(37-3)12-24(20)27(33)35/h4-13,16,25H,14-15H2,1-3H3,(H2,29,31,34,36)/t25-/m0/s1. The number of aromatic nitrogens is 2. The Labute approximate surface area is 214 Å². The molecule has 0 radical (unpaired) electrons. The summed E-state index contributed by atoms with van der Waals surface area (Å²) < 4.78 is 7.13. The first-order chi connectivity index (χ1) is 17.9. The molecular weight excluding hydrogens is 470 g/mol. The molecule has 0 fully saturated rings. The monoisotopic (exact) mass is 497 g/mol. The molecule has 9 nitrogen and oxygen atoms in total. The maximum atomic E-state index is 13.1. The Morgan fingerprint density at radius 2 is 1.92 bits per heavy atom. The highest BCUT2D eigenvalue weighted by atomic mass is 16.5. The van der Waals surface area contributed by atoms with Crippen LogP contribution in [-0.4, -0.2) is 46.7 Å². The predicted molar refractivity (Wildman–Crippen MR) is 139 cm³/mol. The molecule has 4 amide bonds. The van der Waals surface area contributed by atoms with Gasteiger partial charge in [0.15, 0.2) is 0 Å². The van der Waals surface area contributed by atoms with Crippen LogP contribution >= 0.6 is 0 Å². The van der Waals surface area contributed by atoms with Gasteiger partial charge in [-0.15, -0.1) is 0 Å². The quantitative estimate of drug-likeness (QED) is 0.379. The molecular formula is C28H27N5O4. The lowest BCUT2D eigenvalue weighted by molar-refractivity contribution is -0.108. The van der Waals surface area contributed by atoms with Gasteiger partial charge in [0.05, 0.1) is 24.9 Å². The molecule has 1 aromatic heterocycles. The van der Waals surface area contributed by atoms with Gasteiger partial charge in [-0.25, -0.2) is 4.79 Å². The third-order valence-corrected chi connectivity index (χ3v) is 6.76. The molecule has 188 valence electrons. The molecule has 0 saturated carbocycles. The molecule has 5 rings (SSSR count). The Kier molecular flexibility index (Phi) is 6.35. The van der Waals surface area contributed by atoms with E-state index in [4.69, 9.17) is 4.74 Å². The minimum Gasteiger partial charge on any atom is -0.497 e. The molecule has 0 aliphatic carbocycles. The summed E-state index contributed by atoms with van der Waals surface area (Å²) in [7, 11) is 3.49. The number of ether oxygens (including phenoxy) is 1. The van der Waals surface area contributed by atoms with Crippen LogP contribution in [0.1, 0.15) is 33.1 Å². The first kappa shape index (κ1) is 24.1. The largest absolute Gasteiger partial charge is 0.497 e. The zero-order valence-corrected chi connectivity index (χ0v) is 20.8. The lowest BCUT2D eigenvalue weighted by Gasteiger charge is -2.25. The van der Waals surface area contributed by atoms with E-state index in [2.05, 4.69) is 34.8 Å². The zero-order chi connectivity index (χ0) is 26.1. The van der Waals surface area contributed by atoms with Crippen molar-refractivity contribution in [3.8, 4) is 16.9 Å². The molecule has 3 aromatic carbocycles. The van der Waals surface area contributed by atoms with Gasteiger partial charge in [-0.3, -0.25) is 19.6 Å². The smallest absolute Gasteiger partial charge is 0.321 e. The van der Waals surface area contributed by atoms with Gasteiger partial charge in [-0.1, -0.05) is 30.3 Å². The maximum absolute atomic E-state index is 13.1. The number of methoxy groups -OCH3 is 1. The molecule has 1 aliphatic heterocycles. The number of hydrogen-bond donors (Lipinski definition) is 2. The number of rotatable bonds is 7. The number of fused-ring (bicyclic) bond motifs is 2. The van der Waals surface area contributed by atoms with E-state index in [1.54, 1.807) is 18.1 Å². The maximum Gasteiger partial charge on any atom is 0.321 e. The molecule has 37 heavy (non-hydrogen) atoms. The Morgan fingerprint density at radius 1 is 1.14 bits per heavy atom. The van der Waals surface area contributed by atoms with E-state index in [1.165, 1.54) is 0 Å². The number of nitrogens with zero attached hydrogens (tertiary/aromatic N) is 3. The van der Waals surface area contributed by atoms with Crippen LogP contribution in [0.2, 0.25) is 0 Å². The van der Waals surface area contributed by atoms with Crippen LogP contribution in [0.3, 0.4) is 0 Å². The van der Waals surface area contributed by atoms with E-state index in [-0.39, 0.29) is 12.5 Å². The molecule has 2 N–H and O–H groups in total. The van der Waals surface area contributed by atoms with E-state index in [1.807, 2.05) is 54.3 Å². The summed E-state index contributed by atoms with van der Waals surface area (Å²) in [5.41, 5.74) is 6.61. The first-order valence-corrected chi connectivity index (χ1v) is 11.9. The van der Waals surface area contributed by atoms with Crippen LogP contribution in [0.25, 0.3) is 22.0 Å². The van der Waals surface area contributed by atoms with Gasteiger partial charge in [-0.2, -0.15) is 5.10 Å². The summed E-state index contributed by atoms with van der Waals surface area (Å²) in [5.74, 6) is 0.484. The fourth-order valence-corrected chi connectivity index (χ4v) is 4.95. The zero-order valence-electron chi connectivity index (χ0n) is 20.8. The van der Waals surface area contributed by atoms with Gasteiger partial charge in [0.1, 0.15) is 5.75 Å². The van der Waals surface area contributed by atoms with Crippen molar-refractivity contribution in [1.29, 1.82) is 0 Å². The third kappa shape index (κ3) is 4.63. The highest BCUT2D eigenvalue weighted by molar-refractivity contribution is 5.98. The van der Waals surface area contributed by atoms with Gasteiger partial charge in [-0.05, 0) is 59.0 Å². The summed E-state index contributed by atoms with van der Waals surface area (Å²) in [6.07, 6.45) is 2.18. The van der Waals surface area contributed by atoms with Crippen LogP contribution in [-0.2, 0) is 18.4 Å². The normalized spacial score (nSPS) is 13.4. The fraction of sp³-hybridized carbons (Fsp3) is 0.214. The number of amides is 4. The molecule has 0 unspecified atom stereocenters. The molecule has 1 aliphatic rings. The van der Waals surface area contributed by atoms with Crippen LogP contribution in [0.4, 0.5) is 4.79 Å². The van der Waals surface area contributed by atoms with Crippen molar-refractivity contribution in [1.82, 2.24) is 25.3 Å². The lowest BCUT2D eigenvalue weighted by Crippen LogP contribution is -2.42. The predicted octanol–water partition coefficient (Wildman–Crippen LogP) is 3.71. The van der Waals surface area contributed by atoms with Gasteiger partial charge >= 0.3 is 6.03 Å². The van der Waals surface area contributed by atoms with Crippen LogP contribution in [0.15, 0.2) is 60.8 Å². The highest BCUT2D eigenvalue weighted by Gasteiger charge is 2.30. The van der Waals surface area contributed by atoms with Crippen molar-refractivity contribution in [3.05, 3.63) is 83.0 Å². The summed E-state index contributed by atoms with van der Waals surface area (Å²) in [5, 5.41) is 10.4. The van der Waals surface area contributed by atoms with Crippen molar-refractivity contribution in [2.45, 2.75) is 19.5 Å². The summed E-state index contributed by atoms with van der Waals surface area (Å²) in [6.45, 7) is 2.73. The minimum atomic E-state index is -0.632. The van der Waals surface area contributed by atoms with E-state index < -0.39 is 12.1 Å². The van der Waals surface area contributed by atoms with Gasteiger partial charge in [0.2, 0.25) is 6.41 Å². The minimum absolute atomic E-state index is 0.131. The first-order valence-electron chi connectivity index (χ1n) is 11.9. The van der Waals surface area contributed by atoms with E-state index >= 15 is 0 Å². The molecule has 1 atom stereocenters. The topological polar surface area (TPSA) is 106 Å². The Morgan fingerprint density at radius 3 is 2.65 bits per heavy atom. The Hall–Kier alpha value is -4.66. The van der Waals surface area contributed by atoms with Gasteiger partial charge in [0.25, 0.3) is 5.91 Å². The van der Waals surface area contributed by atoms with Crippen molar-refractivity contribution >= 4 is 29.3 Å². The molecule has 4 aromatic rings. The Balaban J connectivity index is 1.41. The highest BCUT2D eigenvalue weighted by Crippen LogP contribution is 2.31. The average Bonchev–Trinajstić information content (AvgIpc) is 3.43. The van der Waals surface area contributed by atoms with E-state index in [9.17, 15) is 14.4 Å². The molecule has 2 heterocycles. The van der Waals surface area contributed by atoms with Gasteiger partial charge < -0.3 is 15.0 Å². The average molecular weight is 498 g/mol. The number of aryl methyl sites for hydroxylation is 2.